The van der Waals surface area contributed by atoms with Gasteiger partial charge in [-0.1, -0.05) is 39.5 Å². The minimum absolute atomic E-state index is 0.680. The van der Waals surface area contributed by atoms with Gasteiger partial charge in [0.05, 0.1) is 0 Å². The molecule has 0 saturated heterocycles. The molecule has 0 bridgehead atoms. The number of aromatic amines is 1. The summed E-state index contributed by atoms with van der Waals surface area (Å²) < 4.78 is 0. The summed E-state index contributed by atoms with van der Waals surface area (Å²) in [5.74, 6) is 0.680. The second-order valence-electron chi connectivity index (χ2n) is 5.78. The first kappa shape index (κ1) is 14.8. The molecule has 20 heavy (non-hydrogen) atoms. The van der Waals surface area contributed by atoms with Crippen LogP contribution in [0.3, 0.4) is 0 Å². The van der Waals surface area contributed by atoms with Gasteiger partial charge in [-0.05, 0) is 37.3 Å². The van der Waals surface area contributed by atoms with Crippen molar-refractivity contribution in [2.24, 2.45) is 5.92 Å². The number of nitrogens with one attached hydrogen (secondary N) is 1. The van der Waals surface area contributed by atoms with E-state index in [4.69, 9.17) is 5.73 Å². The zero-order chi connectivity index (χ0) is 14.7. The Morgan fingerprint density at radius 3 is 2.45 bits per heavy atom. The minimum atomic E-state index is 0.680. The third kappa shape index (κ3) is 2.65. The minimum Gasteiger partial charge on any atom is -0.398 e. The lowest BCUT2D eigenvalue weighted by molar-refractivity contribution is 0.450. The fourth-order valence-corrected chi connectivity index (χ4v) is 2.87. The van der Waals surface area contributed by atoms with Crippen molar-refractivity contribution in [2.75, 3.05) is 5.73 Å². The summed E-state index contributed by atoms with van der Waals surface area (Å²) in [5.41, 5.74) is 12.6. The molecule has 4 heteroatoms. The molecular formula is C16H26N4. The number of aromatic nitrogens is 3. The van der Waals surface area contributed by atoms with Gasteiger partial charge in [0.2, 0.25) is 0 Å². The van der Waals surface area contributed by atoms with Gasteiger partial charge in [0.1, 0.15) is 11.0 Å². The van der Waals surface area contributed by atoms with Crippen LogP contribution in [0.25, 0.3) is 11.0 Å². The number of H-pyrrole nitrogens is 1. The van der Waals surface area contributed by atoms with Gasteiger partial charge in [-0.25, -0.2) is 0 Å². The standard InChI is InChI=1S/C16H26N4/c1-5-7-8-12(6-2)9-13-14(17)10(3)11(4)15-16(13)19-20-18-15/h12H,5-9,17H2,1-4H3,(H,18,19,20). The van der Waals surface area contributed by atoms with Crippen LogP contribution in [0.2, 0.25) is 0 Å². The zero-order valence-corrected chi connectivity index (χ0v) is 13.1. The summed E-state index contributed by atoms with van der Waals surface area (Å²) in [6.07, 6.45) is 5.99. The smallest absolute Gasteiger partial charge is 0.118 e. The van der Waals surface area contributed by atoms with E-state index in [0.29, 0.717) is 5.92 Å². The molecule has 0 radical (unpaired) electrons. The molecule has 1 aromatic carbocycles. The number of hydrogen-bond acceptors (Lipinski definition) is 3. The molecule has 4 nitrogen and oxygen atoms in total. The van der Waals surface area contributed by atoms with Gasteiger partial charge in [-0.2, -0.15) is 15.4 Å². The molecule has 2 aromatic rings. The Morgan fingerprint density at radius 2 is 1.80 bits per heavy atom. The maximum Gasteiger partial charge on any atom is 0.118 e. The number of anilines is 1. The largest absolute Gasteiger partial charge is 0.398 e. The number of aryl methyl sites for hydroxylation is 1. The highest BCUT2D eigenvalue weighted by molar-refractivity contribution is 5.88. The average molecular weight is 274 g/mol. The molecule has 2 rings (SSSR count). The van der Waals surface area contributed by atoms with E-state index >= 15 is 0 Å². The first-order chi connectivity index (χ1) is 9.60. The normalized spacial score (nSPS) is 13.0. The van der Waals surface area contributed by atoms with Crippen molar-refractivity contribution in [2.45, 2.75) is 59.8 Å². The molecule has 0 fully saturated rings. The summed E-state index contributed by atoms with van der Waals surface area (Å²) in [5, 5.41) is 11.4. The quantitative estimate of drug-likeness (QED) is 0.785. The maximum absolute atomic E-state index is 6.36. The lowest BCUT2D eigenvalue weighted by Crippen LogP contribution is -2.08. The first-order valence-electron chi connectivity index (χ1n) is 7.68. The van der Waals surface area contributed by atoms with Gasteiger partial charge in [-0.15, -0.1) is 0 Å². The fourth-order valence-electron chi connectivity index (χ4n) is 2.87. The molecule has 0 aliphatic rings. The van der Waals surface area contributed by atoms with Crippen LogP contribution in [-0.2, 0) is 6.42 Å². The van der Waals surface area contributed by atoms with Gasteiger partial charge < -0.3 is 5.73 Å². The van der Waals surface area contributed by atoms with E-state index in [1.807, 2.05) is 0 Å². The number of rotatable bonds is 6. The molecule has 0 aliphatic carbocycles. The highest BCUT2D eigenvalue weighted by atomic mass is 15.3. The highest BCUT2D eigenvalue weighted by Crippen LogP contribution is 2.32. The van der Waals surface area contributed by atoms with E-state index in [1.165, 1.54) is 31.2 Å². The SMILES string of the molecule is CCCCC(CC)Cc1c(N)c(C)c(C)c2n[nH]nc12. The zero-order valence-electron chi connectivity index (χ0n) is 13.1. The summed E-state index contributed by atoms with van der Waals surface area (Å²) in [6, 6.07) is 0. The Labute approximate surface area is 121 Å². The Morgan fingerprint density at radius 1 is 1.10 bits per heavy atom. The molecule has 0 amide bonds. The van der Waals surface area contributed by atoms with Crippen LogP contribution in [0.5, 0.6) is 0 Å². The third-order valence-electron chi connectivity index (χ3n) is 4.52. The Balaban J connectivity index is 2.40. The van der Waals surface area contributed by atoms with Gasteiger partial charge in [-0.3, -0.25) is 0 Å². The molecule has 0 aliphatic heterocycles. The maximum atomic E-state index is 6.36. The van der Waals surface area contributed by atoms with Crippen molar-refractivity contribution < 1.29 is 0 Å². The van der Waals surface area contributed by atoms with Crippen LogP contribution in [0.1, 0.15) is 56.2 Å². The fraction of sp³-hybridized carbons (Fsp3) is 0.625. The average Bonchev–Trinajstić information content (AvgIpc) is 2.94. The Bertz CT molecular complexity index is 586. The number of nitrogen functional groups attached to an aromatic ring is 1. The molecule has 1 aromatic heterocycles. The lowest BCUT2D eigenvalue weighted by atomic mass is 9.88. The van der Waals surface area contributed by atoms with Crippen LogP contribution in [0.15, 0.2) is 0 Å². The molecule has 1 atom stereocenters. The second kappa shape index (κ2) is 6.25. The summed E-state index contributed by atoms with van der Waals surface area (Å²) >= 11 is 0. The molecule has 3 N–H and O–H groups in total. The third-order valence-corrected chi connectivity index (χ3v) is 4.52. The topological polar surface area (TPSA) is 67.6 Å². The van der Waals surface area contributed by atoms with Crippen molar-refractivity contribution in [3.63, 3.8) is 0 Å². The number of benzene rings is 1. The summed E-state index contributed by atoms with van der Waals surface area (Å²) in [6.45, 7) is 8.65. The van der Waals surface area contributed by atoms with Crippen molar-refractivity contribution >= 4 is 16.7 Å². The number of nitrogens with zero attached hydrogens (tertiary/aromatic N) is 2. The number of unbranched alkanes of at least 4 members (excludes halogenated alkanes) is 1. The Kier molecular flexibility index (Phi) is 4.63. The molecular weight excluding hydrogens is 248 g/mol. The van der Waals surface area contributed by atoms with E-state index in [9.17, 15) is 0 Å². The number of nitrogens with two attached hydrogens (primary N) is 1. The van der Waals surface area contributed by atoms with Gasteiger partial charge in [0.25, 0.3) is 0 Å². The van der Waals surface area contributed by atoms with Crippen LogP contribution in [0.4, 0.5) is 5.69 Å². The van der Waals surface area contributed by atoms with Gasteiger partial charge in [0.15, 0.2) is 0 Å². The first-order valence-corrected chi connectivity index (χ1v) is 7.68. The molecule has 0 spiro atoms. The van der Waals surface area contributed by atoms with E-state index in [2.05, 4.69) is 43.1 Å². The van der Waals surface area contributed by atoms with Crippen molar-refractivity contribution in [1.29, 1.82) is 0 Å². The van der Waals surface area contributed by atoms with Crippen LogP contribution in [0, 0.1) is 19.8 Å². The predicted octanol–water partition coefficient (Wildman–Crippen LogP) is 3.92. The van der Waals surface area contributed by atoms with Crippen molar-refractivity contribution in [3.8, 4) is 0 Å². The summed E-state index contributed by atoms with van der Waals surface area (Å²) in [7, 11) is 0. The van der Waals surface area contributed by atoms with E-state index in [0.717, 1.165) is 34.3 Å². The molecule has 1 unspecified atom stereocenters. The number of fused-ring (bicyclic) bond motifs is 1. The molecule has 110 valence electrons. The monoisotopic (exact) mass is 274 g/mol. The van der Waals surface area contributed by atoms with Gasteiger partial charge >= 0.3 is 0 Å². The van der Waals surface area contributed by atoms with Crippen molar-refractivity contribution in [1.82, 2.24) is 15.4 Å². The van der Waals surface area contributed by atoms with Crippen LogP contribution < -0.4 is 5.73 Å². The lowest BCUT2D eigenvalue weighted by Gasteiger charge is -2.18. The Hall–Kier alpha value is -1.58. The number of hydrogen-bond donors (Lipinski definition) is 2. The van der Waals surface area contributed by atoms with Crippen molar-refractivity contribution in [3.05, 3.63) is 16.7 Å². The van der Waals surface area contributed by atoms with E-state index in [-0.39, 0.29) is 0 Å². The molecule has 0 saturated carbocycles. The molecule has 1 heterocycles. The predicted molar refractivity (Wildman–Crippen MR) is 84.8 cm³/mol. The van der Waals surface area contributed by atoms with E-state index in [1.54, 1.807) is 0 Å². The van der Waals surface area contributed by atoms with Crippen LogP contribution >= 0.6 is 0 Å². The highest BCUT2D eigenvalue weighted by Gasteiger charge is 2.18. The van der Waals surface area contributed by atoms with Crippen LogP contribution in [-0.4, -0.2) is 15.4 Å². The van der Waals surface area contributed by atoms with E-state index < -0.39 is 0 Å². The van der Waals surface area contributed by atoms with Gasteiger partial charge in [0, 0.05) is 11.3 Å². The second-order valence-corrected chi connectivity index (χ2v) is 5.78. The summed E-state index contributed by atoms with van der Waals surface area (Å²) in [4.78, 5) is 0.